The molecule has 0 spiro atoms. The summed E-state index contributed by atoms with van der Waals surface area (Å²) in [6.07, 6.45) is 0.368. The number of H-pyrrole nitrogens is 1. The number of piperazine rings is 1. The van der Waals surface area contributed by atoms with E-state index in [4.69, 9.17) is 11.6 Å². The van der Waals surface area contributed by atoms with Crippen LogP contribution in [-0.2, 0) is 22.6 Å². The molecule has 1 aromatic heterocycles. The Hall–Kier alpha value is -4.17. The van der Waals surface area contributed by atoms with E-state index in [1.54, 1.807) is 34.1 Å². The van der Waals surface area contributed by atoms with E-state index in [1.807, 2.05) is 36.4 Å². The Kier molecular flexibility index (Phi) is 5.26. The van der Waals surface area contributed by atoms with Gasteiger partial charge in [-0.15, -0.1) is 0 Å². The summed E-state index contributed by atoms with van der Waals surface area (Å²) in [6, 6.07) is 20.0. The zero-order chi connectivity index (χ0) is 25.0. The third-order valence-electron chi connectivity index (χ3n) is 7.03. The fraction of sp³-hybridized carbons (Fsp3) is 0.185. The second-order valence-electron chi connectivity index (χ2n) is 9.16. The summed E-state index contributed by atoms with van der Waals surface area (Å²) in [7, 11) is 0. The van der Waals surface area contributed by atoms with Crippen LogP contribution in [0.3, 0.4) is 0 Å². The average Bonchev–Trinajstić information content (AvgIpc) is 3.25. The van der Waals surface area contributed by atoms with Crippen molar-refractivity contribution >= 4 is 40.0 Å². The molecular formula is C27H21ClN4O4. The molecule has 0 bridgehead atoms. The van der Waals surface area contributed by atoms with Crippen LogP contribution in [0, 0.1) is 10.1 Å². The maximum atomic E-state index is 13.8. The van der Waals surface area contributed by atoms with Crippen molar-refractivity contribution in [1.29, 1.82) is 0 Å². The van der Waals surface area contributed by atoms with Crippen LogP contribution in [0.25, 0.3) is 10.9 Å². The van der Waals surface area contributed by atoms with Gasteiger partial charge in [0, 0.05) is 46.7 Å². The van der Waals surface area contributed by atoms with Crippen LogP contribution < -0.4 is 0 Å². The summed E-state index contributed by atoms with van der Waals surface area (Å²) in [5, 5.41) is 13.1. The Labute approximate surface area is 211 Å². The van der Waals surface area contributed by atoms with Crippen molar-refractivity contribution in [2.45, 2.75) is 25.0 Å². The number of amides is 2. The number of halogens is 1. The van der Waals surface area contributed by atoms with Crippen LogP contribution in [0.15, 0.2) is 72.8 Å². The molecule has 1 fully saturated rings. The summed E-state index contributed by atoms with van der Waals surface area (Å²) >= 11 is 6.00. The van der Waals surface area contributed by atoms with E-state index in [0.717, 1.165) is 27.7 Å². The van der Waals surface area contributed by atoms with Gasteiger partial charge in [-0.2, -0.15) is 0 Å². The van der Waals surface area contributed by atoms with Gasteiger partial charge >= 0.3 is 0 Å². The fourth-order valence-electron chi connectivity index (χ4n) is 5.42. The number of aromatic amines is 1. The normalized spacial score (nSPS) is 19.4. The maximum absolute atomic E-state index is 13.8. The van der Waals surface area contributed by atoms with Crippen LogP contribution >= 0.6 is 11.6 Å². The molecule has 36 heavy (non-hydrogen) atoms. The number of nitro groups is 1. The molecule has 2 aliphatic rings. The number of nitrogens with one attached hydrogen (secondary N) is 1. The minimum Gasteiger partial charge on any atom is -0.356 e. The molecule has 8 nitrogen and oxygen atoms in total. The van der Waals surface area contributed by atoms with Crippen molar-refractivity contribution in [3.05, 3.63) is 110 Å². The maximum Gasteiger partial charge on any atom is 0.269 e. The Morgan fingerprint density at radius 3 is 2.58 bits per heavy atom. The monoisotopic (exact) mass is 500 g/mol. The Morgan fingerprint density at radius 2 is 1.81 bits per heavy atom. The highest BCUT2D eigenvalue weighted by molar-refractivity contribution is 6.30. The highest BCUT2D eigenvalue weighted by Gasteiger charge is 2.48. The number of non-ortho nitro benzene ring substituents is 1. The minimum absolute atomic E-state index is 0.0626. The Morgan fingerprint density at radius 1 is 1.03 bits per heavy atom. The van der Waals surface area contributed by atoms with Gasteiger partial charge in [-0.25, -0.2) is 0 Å². The first kappa shape index (κ1) is 22.3. The SMILES string of the molecule is O=C1[C@H]2Cc3c([nH]c4ccccc34)[C@H](c3cccc([N+](=O)[O-])c3)N2C(=O)CN1Cc1ccc(Cl)cc1. The summed E-state index contributed by atoms with van der Waals surface area (Å²) < 4.78 is 0. The van der Waals surface area contributed by atoms with Crippen LogP contribution in [0.1, 0.15) is 28.4 Å². The van der Waals surface area contributed by atoms with Gasteiger partial charge in [-0.05, 0) is 34.9 Å². The molecule has 2 amide bonds. The van der Waals surface area contributed by atoms with Gasteiger partial charge in [0.2, 0.25) is 11.8 Å². The van der Waals surface area contributed by atoms with E-state index in [-0.39, 0.29) is 24.0 Å². The zero-order valence-corrected chi connectivity index (χ0v) is 19.8. The summed E-state index contributed by atoms with van der Waals surface area (Å²) in [5.74, 6) is -0.342. The molecular weight excluding hydrogens is 480 g/mol. The van der Waals surface area contributed by atoms with E-state index in [0.29, 0.717) is 23.6 Å². The first-order valence-corrected chi connectivity index (χ1v) is 12.0. The number of aromatic nitrogens is 1. The molecule has 0 radical (unpaired) electrons. The van der Waals surface area contributed by atoms with Gasteiger partial charge in [0.15, 0.2) is 0 Å². The van der Waals surface area contributed by atoms with E-state index in [1.165, 1.54) is 12.1 Å². The number of nitrogens with zero attached hydrogens (tertiary/aromatic N) is 3. The highest BCUT2D eigenvalue weighted by atomic mass is 35.5. The van der Waals surface area contributed by atoms with Crippen LogP contribution in [0.5, 0.6) is 0 Å². The van der Waals surface area contributed by atoms with Gasteiger partial charge < -0.3 is 14.8 Å². The lowest BCUT2D eigenvalue weighted by atomic mass is 9.86. The van der Waals surface area contributed by atoms with Crippen molar-refractivity contribution < 1.29 is 14.5 Å². The quantitative estimate of drug-likeness (QED) is 0.326. The first-order chi connectivity index (χ1) is 17.4. The molecule has 6 rings (SSSR count). The molecule has 180 valence electrons. The smallest absolute Gasteiger partial charge is 0.269 e. The second kappa shape index (κ2) is 8.49. The van der Waals surface area contributed by atoms with Crippen molar-refractivity contribution in [3.8, 4) is 0 Å². The van der Waals surface area contributed by atoms with Crippen LogP contribution in [0.4, 0.5) is 5.69 Å². The Bertz CT molecular complexity index is 1530. The largest absolute Gasteiger partial charge is 0.356 e. The highest BCUT2D eigenvalue weighted by Crippen LogP contribution is 2.43. The van der Waals surface area contributed by atoms with E-state index in [2.05, 4.69) is 4.98 Å². The van der Waals surface area contributed by atoms with Gasteiger partial charge in [0.1, 0.15) is 12.6 Å². The van der Waals surface area contributed by atoms with E-state index >= 15 is 0 Å². The molecule has 3 aromatic carbocycles. The van der Waals surface area contributed by atoms with Gasteiger partial charge in [0.05, 0.1) is 11.0 Å². The van der Waals surface area contributed by atoms with Crippen LogP contribution in [0.2, 0.25) is 5.02 Å². The first-order valence-electron chi connectivity index (χ1n) is 11.6. The third kappa shape index (κ3) is 3.61. The molecule has 0 saturated carbocycles. The zero-order valence-electron chi connectivity index (χ0n) is 19.1. The number of nitro benzene ring substituents is 1. The minimum atomic E-state index is -0.713. The predicted molar refractivity (Wildman–Crippen MR) is 134 cm³/mol. The van der Waals surface area contributed by atoms with Crippen LogP contribution in [-0.4, -0.2) is 44.1 Å². The Balaban J connectivity index is 1.46. The second-order valence-corrected chi connectivity index (χ2v) is 9.60. The third-order valence-corrected chi connectivity index (χ3v) is 7.28. The van der Waals surface area contributed by atoms with Gasteiger partial charge in [0.25, 0.3) is 5.69 Å². The number of para-hydroxylation sites is 1. The molecule has 3 heterocycles. The number of benzene rings is 3. The fourth-order valence-corrected chi connectivity index (χ4v) is 5.55. The van der Waals surface area contributed by atoms with E-state index < -0.39 is 17.0 Å². The van der Waals surface area contributed by atoms with Gasteiger partial charge in [-0.3, -0.25) is 19.7 Å². The molecule has 1 saturated heterocycles. The lowest BCUT2D eigenvalue weighted by Crippen LogP contribution is -2.62. The molecule has 9 heteroatoms. The average molecular weight is 501 g/mol. The molecule has 1 N–H and O–H groups in total. The summed E-state index contributed by atoms with van der Waals surface area (Å²) in [5.41, 5.74) is 4.06. The number of rotatable bonds is 4. The van der Waals surface area contributed by atoms with Crippen molar-refractivity contribution in [2.75, 3.05) is 6.54 Å². The predicted octanol–water partition coefficient (Wildman–Crippen LogP) is 4.61. The van der Waals surface area contributed by atoms with Crippen molar-refractivity contribution in [2.24, 2.45) is 0 Å². The molecule has 2 atom stereocenters. The summed E-state index contributed by atoms with van der Waals surface area (Å²) in [6.45, 7) is 0.229. The van der Waals surface area contributed by atoms with E-state index in [9.17, 15) is 19.7 Å². The number of carbonyl (C=O) groups excluding carboxylic acids is 2. The standard InChI is InChI=1S/C27H21ClN4O4/c28-18-10-8-16(9-11-18)14-30-15-24(33)31-23(27(30)34)13-21-20-6-1-2-7-22(20)29-25(21)26(31)17-4-3-5-19(12-17)32(35)36/h1-12,23,26,29H,13-15H2/t23-,26+/m1/s1. The molecule has 4 aromatic rings. The molecule has 2 aliphatic heterocycles. The summed E-state index contributed by atoms with van der Waals surface area (Å²) in [4.78, 5) is 45.1. The lowest BCUT2D eigenvalue weighted by molar-refractivity contribution is -0.384. The molecule has 0 unspecified atom stereocenters. The number of carbonyl (C=O) groups is 2. The number of hydrogen-bond donors (Lipinski definition) is 1. The topological polar surface area (TPSA) is 99.5 Å². The number of fused-ring (bicyclic) bond motifs is 4. The van der Waals surface area contributed by atoms with Gasteiger partial charge in [-0.1, -0.05) is 54.1 Å². The van der Waals surface area contributed by atoms with Crippen molar-refractivity contribution in [3.63, 3.8) is 0 Å². The van der Waals surface area contributed by atoms with Crippen molar-refractivity contribution in [1.82, 2.24) is 14.8 Å². The number of hydrogen-bond acceptors (Lipinski definition) is 4. The molecule has 0 aliphatic carbocycles. The lowest BCUT2D eigenvalue weighted by Gasteiger charge is -2.47.